The van der Waals surface area contributed by atoms with Gasteiger partial charge in [-0.05, 0) is 45.2 Å². The highest BCUT2D eigenvalue weighted by molar-refractivity contribution is 5.86. The van der Waals surface area contributed by atoms with Gasteiger partial charge in [0.1, 0.15) is 17.0 Å². The van der Waals surface area contributed by atoms with Crippen LogP contribution < -0.4 is 10.9 Å². The Morgan fingerprint density at radius 1 is 1.35 bits per heavy atom. The van der Waals surface area contributed by atoms with Crippen LogP contribution >= 0.6 is 0 Å². The summed E-state index contributed by atoms with van der Waals surface area (Å²) in [6.07, 6.45) is 5.32. The summed E-state index contributed by atoms with van der Waals surface area (Å²) in [5.74, 6) is 0.616. The number of aryl methyl sites for hydroxylation is 1. The fourth-order valence-corrected chi connectivity index (χ4v) is 2.18. The van der Waals surface area contributed by atoms with Gasteiger partial charge in [0.25, 0.3) is 5.56 Å². The molecule has 0 aliphatic carbocycles. The van der Waals surface area contributed by atoms with E-state index in [-0.39, 0.29) is 17.6 Å². The van der Waals surface area contributed by atoms with Gasteiger partial charge >= 0.3 is 0 Å². The molecule has 0 saturated carbocycles. The average Bonchev–Trinajstić information content (AvgIpc) is 2.55. The molecule has 124 valence electrons. The molecule has 0 spiro atoms. The number of pyridine rings is 1. The van der Waals surface area contributed by atoms with Crippen molar-refractivity contribution >= 4 is 17.7 Å². The molecule has 2 aromatic heterocycles. The molecule has 5 nitrogen and oxygen atoms in total. The molecule has 0 bridgehead atoms. The third kappa shape index (κ3) is 3.78. The zero-order valence-electron chi connectivity index (χ0n) is 14.6. The van der Waals surface area contributed by atoms with Crippen molar-refractivity contribution in [3.63, 3.8) is 0 Å². The highest BCUT2D eigenvalue weighted by atomic mass is 16.1. The molecule has 0 unspecified atom stereocenters. The third-order valence-electron chi connectivity index (χ3n) is 4.13. The minimum atomic E-state index is -0.0865. The van der Waals surface area contributed by atoms with E-state index in [1.165, 1.54) is 0 Å². The van der Waals surface area contributed by atoms with Gasteiger partial charge in [0.15, 0.2) is 0 Å². The van der Waals surface area contributed by atoms with Crippen molar-refractivity contribution in [1.82, 2.24) is 9.38 Å². The number of aliphatic imine (C=N–C) groups is 1. The van der Waals surface area contributed by atoms with Gasteiger partial charge in [-0.15, -0.1) is 0 Å². The molecule has 1 N–H and O–H groups in total. The Morgan fingerprint density at radius 2 is 2.09 bits per heavy atom. The van der Waals surface area contributed by atoms with Gasteiger partial charge in [-0.2, -0.15) is 0 Å². The maximum Gasteiger partial charge on any atom is 0.268 e. The van der Waals surface area contributed by atoms with Crippen molar-refractivity contribution in [3.05, 3.63) is 39.8 Å². The normalized spacial score (nSPS) is 14.3. The summed E-state index contributed by atoms with van der Waals surface area (Å²) in [7, 11) is 0. The van der Waals surface area contributed by atoms with Crippen molar-refractivity contribution in [1.29, 1.82) is 0 Å². The molecule has 23 heavy (non-hydrogen) atoms. The third-order valence-corrected chi connectivity index (χ3v) is 4.13. The molecule has 0 amide bonds. The quantitative estimate of drug-likeness (QED) is 0.831. The number of hydrogen-bond donors (Lipinski definition) is 1. The summed E-state index contributed by atoms with van der Waals surface area (Å²) in [6, 6.07) is 4.25. The largest absolute Gasteiger partial charge is 0.367 e. The number of nitrogens with one attached hydrogen (secondary N) is 1. The van der Waals surface area contributed by atoms with E-state index < -0.39 is 0 Å². The van der Waals surface area contributed by atoms with Crippen molar-refractivity contribution in [2.24, 2.45) is 4.99 Å². The standard InChI is InChI=1S/C18H26N4O/c1-6-13(4)19-11-15-16(20-14(5)7-2)21-17-12(3)9-8-10-22(17)18(15)23/h8-11,13-14,20H,6-7H2,1-5H3/t13-,14+/m1/s1. The number of aromatic nitrogens is 2. The molecular formula is C18H26N4O. The minimum Gasteiger partial charge on any atom is -0.367 e. The Hall–Kier alpha value is -2.17. The Kier molecular flexibility index (Phi) is 5.53. The van der Waals surface area contributed by atoms with Crippen LogP contribution in [0.25, 0.3) is 5.65 Å². The minimum absolute atomic E-state index is 0.0865. The van der Waals surface area contributed by atoms with Crippen molar-refractivity contribution in [2.75, 3.05) is 5.32 Å². The van der Waals surface area contributed by atoms with Crippen LogP contribution in [0.1, 0.15) is 51.7 Å². The lowest BCUT2D eigenvalue weighted by Gasteiger charge is -2.15. The summed E-state index contributed by atoms with van der Waals surface area (Å²) in [5, 5.41) is 3.35. The Morgan fingerprint density at radius 3 is 2.74 bits per heavy atom. The van der Waals surface area contributed by atoms with Gasteiger partial charge in [0.2, 0.25) is 0 Å². The summed E-state index contributed by atoms with van der Waals surface area (Å²) in [4.78, 5) is 22.0. The van der Waals surface area contributed by atoms with Crippen LogP contribution in [0.5, 0.6) is 0 Å². The number of nitrogens with zero attached hydrogens (tertiary/aromatic N) is 3. The molecule has 5 heteroatoms. The Bertz CT molecular complexity index is 763. The van der Waals surface area contributed by atoms with Crippen LogP contribution in [0.2, 0.25) is 0 Å². The molecule has 0 saturated heterocycles. The molecule has 2 aromatic rings. The predicted octanol–water partition coefficient (Wildman–Crippen LogP) is 3.43. The van der Waals surface area contributed by atoms with Crippen molar-refractivity contribution in [3.8, 4) is 0 Å². The maximum absolute atomic E-state index is 12.9. The molecule has 0 aliphatic rings. The second-order valence-electron chi connectivity index (χ2n) is 6.05. The van der Waals surface area contributed by atoms with Crippen LogP contribution in [0, 0.1) is 6.92 Å². The highest BCUT2D eigenvalue weighted by Gasteiger charge is 2.14. The van der Waals surface area contributed by atoms with E-state index in [1.54, 1.807) is 16.8 Å². The summed E-state index contributed by atoms with van der Waals surface area (Å²) < 4.78 is 1.59. The van der Waals surface area contributed by atoms with Gasteiger partial charge in [-0.1, -0.05) is 19.9 Å². The number of hydrogen-bond acceptors (Lipinski definition) is 4. The Labute approximate surface area is 137 Å². The molecule has 0 aliphatic heterocycles. The van der Waals surface area contributed by atoms with Gasteiger partial charge < -0.3 is 5.32 Å². The van der Waals surface area contributed by atoms with E-state index in [0.717, 1.165) is 18.4 Å². The molecule has 0 radical (unpaired) electrons. The SMILES string of the molecule is CC[C@@H](C)N=Cc1c(N[C@@H](C)CC)nc2c(C)cccn2c1=O. The van der Waals surface area contributed by atoms with E-state index in [4.69, 9.17) is 0 Å². The lowest BCUT2D eigenvalue weighted by molar-refractivity contribution is 0.720. The van der Waals surface area contributed by atoms with E-state index in [2.05, 4.69) is 36.1 Å². The topological polar surface area (TPSA) is 58.8 Å². The molecule has 2 heterocycles. The lowest BCUT2D eigenvalue weighted by atomic mass is 10.2. The molecular weight excluding hydrogens is 288 g/mol. The molecule has 0 aromatic carbocycles. The van der Waals surface area contributed by atoms with Crippen LogP contribution in [0.15, 0.2) is 28.1 Å². The highest BCUT2D eigenvalue weighted by Crippen LogP contribution is 2.14. The zero-order chi connectivity index (χ0) is 17.0. The molecule has 2 rings (SSSR count). The van der Waals surface area contributed by atoms with E-state index in [0.29, 0.717) is 17.0 Å². The van der Waals surface area contributed by atoms with Crippen molar-refractivity contribution in [2.45, 2.75) is 59.5 Å². The first-order valence-electron chi connectivity index (χ1n) is 8.29. The first-order valence-corrected chi connectivity index (χ1v) is 8.29. The fourth-order valence-electron chi connectivity index (χ4n) is 2.18. The van der Waals surface area contributed by atoms with E-state index in [9.17, 15) is 4.79 Å². The average molecular weight is 314 g/mol. The fraction of sp³-hybridized carbons (Fsp3) is 0.500. The number of anilines is 1. The van der Waals surface area contributed by atoms with E-state index >= 15 is 0 Å². The zero-order valence-corrected chi connectivity index (χ0v) is 14.6. The predicted molar refractivity (Wildman–Crippen MR) is 96.9 cm³/mol. The Balaban J connectivity index is 2.65. The molecule has 0 fully saturated rings. The van der Waals surface area contributed by atoms with Crippen LogP contribution in [0.4, 0.5) is 5.82 Å². The second-order valence-corrected chi connectivity index (χ2v) is 6.05. The number of fused-ring (bicyclic) bond motifs is 1. The van der Waals surface area contributed by atoms with Crippen LogP contribution in [0.3, 0.4) is 0 Å². The maximum atomic E-state index is 12.9. The van der Waals surface area contributed by atoms with Gasteiger partial charge in [0, 0.05) is 24.5 Å². The lowest BCUT2D eigenvalue weighted by Crippen LogP contribution is -2.25. The van der Waals surface area contributed by atoms with Crippen LogP contribution in [-0.4, -0.2) is 27.7 Å². The van der Waals surface area contributed by atoms with Gasteiger partial charge in [-0.3, -0.25) is 14.2 Å². The summed E-state index contributed by atoms with van der Waals surface area (Å²) in [5.41, 5.74) is 2.09. The van der Waals surface area contributed by atoms with Crippen molar-refractivity contribution < 1.29 is 0 Å². The van der Waals surface area contributed by atoms with Gasteiger partial charge in [-0.25, -0.2) is 4.98 Å². The first-order chi connectivity index (χ1) is 11.0. The monoisotopic (exact) mass is 314 g/mol. The smallest absolute Gasteiger partial charge is 0.268 e. The number of rotatable bonds is 6. The van der Waals surface area contributed by atoms with Crippen LogP contribution in [-0.2, 0) is 0 Å². The van der Waals surface area contributed by atoms with Gasteiger partial charge in [0.05, 0.1) is 0 Å². The van der Waals surface area contributed by atoms with E-state index in [1.807, 2.05) is 26.0 Å². The molecule has 2 atom stereocenters. The summed E-state index contributed by atoms with van der Waals surface area (Å²) >= 11 is 0. The first kappa shape index (κ1) is 17.2. The second kappa shape index (κ2) is 7.40. The summed E-state index contributed by atoms with van der Waals surface area (Å²) in [6.45, 7) is 10.3.